The number of aryl methyl sites for hydroxylation is 2. The lowest BCUT2D eigenvalue weighted by Gasteiger charge is -2.36. The van der Waals surface area contributed by atoms with Gasteiger partial charge in [0, 0.05) is 54.8 Å². The van der Waals surface area contributed by atoms with E-state index in [0.29, 0.717) is 0 Å². The smallest absolute Gasteiger partial charge is 0.0407 e. The van der Waals surface area contributed by atoms with E-state index in [-0.39, 0.29) is 0 Å². The summed E-state index contributed by atoms with van der Waals surface area (Å²) in [5, 5.41) is 0.815. The number of halogens is 1. The molecular weight excluding hydrogens is 330 g/mol. The molecule has 134 valence electrons. The largest absolute Gasteiger partial charge is 0.369 e. The molecule has 0 radical (unpaired) electrons. The van der Waals surface area contributed by atoms with Crippen molar-refractivity contribution in [3.05, 3.63) is 52.8 Å². The molecule has 0 saturated carbocycles. The highest BCUT2D eigenvalue weighted by atomic mass is 35.5. The maximum atomic E-state index is 5.99. The summed E-state index contributed by atoms with van der Waals surface area (Å²) < 4.78 is 2.57. The van der Waals surface area contributed by atoms with Crippen molar-refractivity contribution in [1.82, 2.24) is 9.47 Å². The predicted molar refractivity (Wildman–Crippen MR) is 106 cm³/mol. The quantitative estimate of drug-likeness (QED) is 0.793. The molecule has 4 heteroatoms. The van der Waals surface area contributed by atoms with Crippen LogP contribution in [0.1, 0.15) is 30.7 Å². The summed E-state index contributed by atoms with van der Waals surface area (Å²) >= 11 is 5.99. The van der Waals surface area contributed by atoms with Gasteiger partial charge in [-0.15, -0.1) is 0 Å². The van der Waals surface area contributed by atoms with Gasteiger partial charge in [-0.05, 0) is 75.0 Å². The third-order valence-corrected chi connectivity index (χ3v) is 5.95. The zero-order valence-electron chi connectivity index (χ0n) is 15.0. The number of nitrogens with zero attached hydrogens (tertiary/aromatic N) is 3. The molecule has 0 aliphatic carbocycles. The van der Waals surface area contributed by atoms with E-state index >= 15 is 0 Å². The van der Waals surface area contributed by atoms with Crippen LogP contribution in [0.3, 0.4) is 0 Å². The first-order valence-electron chi connectivity index (χ1n) is 9.70. The van der Waals surface area contributed by atoms with Crippen LogP contribution in [0.25, 0.3) is 0 Å². The summed E-state index contributed by atoms with van der Waals surface area (Å²) in [5.41, 5.74) is 4.40. The fraction of sp³-hybridized carbons (Fsp3) is 0.524. The van der Waals surface area contributed by atoms with Gasteiger partial charge in [0.05, 0.1) is 0 Å². The molecule has 0 amide bonds. The molecule has 0 atom stereocenters. The van der Waals surface area contributed by atoms with E-state index in [1.165, 1.54) is 50.9 Å². The third kappa shape index (κ3) is 4.04. The third-order valence-electron chi connectivity index (χ3n) is 5.70. The Morgan fingerprint density at radius 2 is 1.64 bits per heavy atom. The normalized spacial score (nSPS) is 18.4. The summed E-state index contributed by atoms with van der Waals surface area (Å²) in [5.74, 6) is 0. The lowest BCUT2D eigenvalue weighted by atomic mass is 10.1. The summed E-state index contributed by atoms with van der Waals surface area (Å²) in [6.07, 6.45) is 6.47. The Kier molecular flexibility index (Phi) is 5.33. The van der Waals surface area contributed by atoms with Crippen LogP contribution in [0, 0.1) is 0 Å². The van der Waals surface area contributed by atoms with Crippen LogP contribution in [0.4, 0.5) is 5.69 Å². The number of piperazine rings is 1. The molecule has 1 saturated heterocycles. The van der Waals surface area contributed by atoms with Crippen molar-refractivity contribution in [2.75, 3.05) is 37.6 Å². The number of hydrogen-bond donors (Lipinski definition) is 0. The average Bonchev–Trinajstić information content (AvgIpc) is 3.06. The minimum atomic E-state index is 0.815. The Morgan fingerprint density at radius 3 is 2.44 bits per heavy atom. The van der Waals surface area contributed by atoms with Gasteiger partial charge in [0.15, 0.2) is 0 Å². The van der Waals surface area contributed by atoms with Crippen molar-refractivity contribution in [1.29, 1.82) is 0 Å². The molecule has 0 spiro atoms. The number of rotatable bonds is 5. The number of hydrogen-bond acceptors (Lipinski definition) is 2. The van der Waals surface area contributed by atoms with Gasteiger partial charge in [0.25, 0.3) is 0 Å². The zero-order valence-corrected chi connectivity index (χ0v) is 15.7. The molecule has 4 rings (SSSR count). The molecule has 25 heavy (non-hydrogen) atoms. The molecule has 1 aromatic heterocycles. The summed E-state index contributed by atoms with van der Waals surface area (Å²) in [4.78, 5) is 5.09. The number of benzene rings is 1. The van der Waals surface area contributed by atoms with E-state index in [2.05, 4.69) is 38.6 Å². The van der Waals surface area contributed by atoms with Gasteiger partial charge in [-0.25, -0.2) is 0 Å². The average molecular weight is 358 g/mol. The van der Waals surface area contributed by atoms with Crippen molar-refractivity contribution >= 4 is 17.3 Å². The van der Waals surface area contributed by atoms with Crippen LogP contribution >= 0.6 is 11.6 Å². The summed E-state index contributed by atoms with van der Waals surface area (Å²) in [6.45, 7) is 7.00. The van der Waals surface area contributed by atoms with Crippen LogP contribution in [-0.4, -0.2) is 42.2 Å². The second-order valence-electron chi connectivity index (χ2n) is 7.33. The predicted octanol–water partition coefficient (Wildman–Crippen LogP) is 4.23. The molecule has 2 aliphatic heterocycles. The van der Waals surface area contributed by atoms with Crippen LogP contribution in [-0.2, 0) is 19.4 Å². The Bertz CT molecular complexity index is 684. The van der Waals surface area contributed by atoms with Crippen molar-refractivity contribution in [2.45, 2.75) is 38.6 Å². The minimum Gasteiger partial charge on any atom is -0.369 e. The van der Waals surface area contributed by atoms with Crippen molar-refractivity contribution < 1.29 is 0 Å². The monoisotopic (exact) mass is 357 g/mol. The fourth-order valence-electron chi connectivity index (χ4n) is 4.22. The van der Waals surface area contributed by atoms with Crippen molar-refractivity contribution in [3.8, 4) is 0 Å². The molecule has 0 unspecified atom stereocenters. The van der Waals surface area contributed by atoms with E-state index in [4.69, 9.17) is 11.6 Å². The van der Waals surface area contributed by atoms with Crippen LogP contribution in [0.2, 0.25) is 5.02 Å². The van der Waals surface area contributed by atoms with Crippen LogP contribution in [0.15, 0.2) is 36.4 Å². The van der Waals surface area contributed by atoms with E-state index < -0.39 is 0 Å². The highest BCUT2D eigenvalue weighted by Crippen LogP contribution is 2.21. The van der Waals surface area contributed by atoms with Gasteiger partial charge in [-0.2, -0.15) is 0 Å². The van der Waals surface area contributed by atoms with Gasteiger partial charge in [0.1, 0.15) is 0 Å². The molecule has 2 aromatic rings. The number of anilines is 1. The second kappa shape index (κ2) is 7.84. The summed E-state index contributed by atoms with van der Waals surface area (Å²) in [7, 11) is 0. The Labute approximate surface area is 156 Å². The van der Waals surface area contributed by atoms with Gasteiger partial charge >= 0.3 is 0 Å². The Balaban J connectivity index is 1.23. The topological polar surface area (TPSA) is 11.4 Å². The standard InChI is InChI=1S/C21H28ClN3/c22-18-6-8-19(9-7-18)24-16-14-23(15-17-24)12-3-5-21-11-10-20-4-1-2-13-25(20)21/h6-11H,1-5,12-17H2. The maximum Gasteiger partial charge on any atom is 0.0407 e. The van der Waals surface area contributed by atoms with Gasteiger partial charge in [0.2, 0.25) is 0 Å². The molecular formula is C21H28ClN3. The lowest BCUT2D eigenvalue weighted by Crippen LogP contribution is -2.46. The SMILES string of the molecule is Clc1ccc(N2CCN(CCCc3ccc4n3CCCC4)CC2)cc1. The number of fused-ring (bicyclic) bond motifs is 1. The first-order valence-corrected chi connectivity index (χ1v) is 10.1. The lowest BCUT2D eigenvalue weighted by molar-refractivity contribution is 0.254. The minimum absolute atomic E-state index is 0.815. The maximum absolute atomic E-state index is 5.99. The second-order valence-corrected chi connectivity index (χ2v) is 7.77. The highest BCUT2D eigenvalue weighted by molar-refractivity contribution is 6.30. The fourth-order valence-corrected chi connectivity index (χ4v) is 4.35. The zero-order chi connectivity index (χ0) is 17.1. The van der Waals surface area contributed by atoms with Gasteiger partial charge < -0.3 is 9.47 Å². The van der Waals surface area contributed by atoms with Gasteiger partial charge in [-0.1, -0.05) is 11.6 Å². The molecule has 1 fully saturated rings. The number of aromatic nitrogens is 1. The highest BCUT2D eigenvalue weighted by Gasteiger charge is 2.17. The van der Waals surface area contributed by atoms with Crippen molar-refractivity contribution in [2.24, 2.45) is 0 Å². The van der Waals surface area contributed by atoms with Crippen molar-refractivity contribution in [3.63, 3.8) is 0 Å². The van der Waals surface area contributed by atoms with E-state index in [9.17, 15) is 0 Å². The van der Waals surface area contributed by atoms with Crippen LogP contribution in [0.5, 0.6) is 0 Å². The first-order chi connectivity index (χ1) is 12.3. The summed E-state index contributed by atoms with van der Waals surface area (Å²) in [6, 6.07) is 12.9. The van der Waals surface area contributed by atoms with E-state index in [1.54, 1.807) is 11.4 Å². The molecule has 1 aromatic carbocycles. The molecule has 0 bridgehead atoms. The molecule has 2 aliphatic rings. The first kappa shape index (κ1) is 17.0. The van der Waals surface area contributed by atoms with E-state index in [0.717, 1.165) is 31.2 Å². The Morgan fingerprint density at radius 1 is 0.840 bits per heavy atom. The Hall–Kier alpha value is -1.45. The molecule has 3 nitrogen and oxygen atoms in total. The molecule has 0 N–H and O–H groups in total. The molecule has 3 heterocycles. The van der Waals surface area contributed by atoms with Gasteiger partial charge in [-0.3, -0.25) is 4.90 Å². The van der Waals surface area contributed by atoms with Crippen LogP contribution < -0.4 is 4.90 Å². The van der Waals surface area contributed by atoms with E-state index in [1.807, 2.05) is 12.1 Å².